The number of rotatable bonds is 2. The van der Waals surface area contributed by atoms with Gasteiger partial charge in [0, 0.05) is 18.2 Å². The van der Waals surface area contributed by atoms with E-state index in [0.29, 0.717) is 0 Å². The minimum absolute atomic E-state index is 0.0809. The molecule has 0 atom stereocenters. The van der Waals surface area contributed by atoms with Crippen molar-refractivity contribution in [2.24, 2.45) is 0 Å². The van der Waals surface area contributed by atoms with Crippen molar-refractivity contribution >= 4 is 28.9 Å². The third kappa shape index (κ3) is 2.66. The van der Waals surface area contributed by atoms with Crippen LogP contribution in [0.25, 0.3) is 0 Å². The molecule has 2 aromatic carbocycles. The lowest BCUT2D eigenvalue weighted by Gasteiger charge is -2.09. The van der Waals surface area contributed by atoms with Crippen molar-refractivity contribution in [3.8, 4) is 11.5 Å². The van der Waals surface area contributed by atoms with Crippen LogP contribution >= 0.6 is 23.2 Å². The summed E-state index contributed by atoms with van der Waals surface area (Å²) in [7, 11) is 0. The lowest BCUT2D eigenvalue weighted by Crippen LogP contribution is -1.94. The van der Waals surface area contributed by atoms with Gasteiger partial charge in [0.15, 0.2) is 5.75 Å². The molecule has 94 valence electrons. The van der Waals surface area contributed by atoms with E-state index in [0.717, 1.165) is 12.1 Å². The van der Waals surface area contributed by atoms with E-state index in [1.165, 1.54) is 18.2 Å². The van der Waals surface area contributed by atoms with Crippen molar-refractivity contribution in [2.45, 2.75) is 0 Å². The minimum Gasteiger partial charge on any atom is -0.455 e. The summed E-state index contributed by atoms with van der Waals surface area (Å²) in [6.07, 6.45) is 0. The van der Waals surface area contributed by atoms with Crippen molar-refractivity contribution in [3.63, 3.8) is 0 Å². The first-order valence-electron chi connectivity index (χ1n) is 4.85. The molecule has 0 bridgehead atoms. The Balaban J connectivity index is 2.34. The van der Waals surface area contributed by atoms with Crippen LogP contribution in [0.15, 0.2) is 30.3 Å². The number of hydrogen-bond acceptors (Lipinski definition) is 2. The first kappa shape index (κ1) is 12.9. The lowest BCUT2D eigenvalue weighted by atomic mass is 10.3. The molecule has 0 aromatic heterocycles. The van der Waals surface area contributed by atoms with Gasteiger partial charge in [0.25, 0.3) is 0 Å². The Kier molecular flexibility index (Phi) is 3.59. The number of halogens is 4. The number of anilines is 1. The summed E-state index contributed by atoms with van der Waals surface area (Å²) in [6, 6.07) is 6.09. The van der Waals surface area contributed by atoms with Crippen molar-refractivity contribution in [1.29, 1.82) is 0 Å². The molecule has 0 saturated heterocycles. The molecule has 18 heavy (non-hydrogen) atoms. The molecule has 0 aliphatic carbocycles. The topological polar surface area (TPSA) is 35.2 Å². The average Bonchev–Trinajstić information content (AvgIpc) is 2.31. The molecular weight excluding hydrogens is 283 g/mol. The Labute approximate surface area is 112 Å². The maximum absolute atomic E-state index is 13.1. The molecule has 0 unspecified atom stereocenters. The van der Waals surface area contributed by atoms with E-state index >= 15 is 0 Å². The predicted octanol–water partition coefficient (Wildman–Crippen LogP) is 4.65. The van der Waals surface area contributed by atoms with Crippen LogP contribution in [0, 0.1) is 11.6 Å². The van der Waals surface area contributed by atoms with Crippen molar-refractivity contribution in [2.75, 3.05) is 5.73 Å². The highest BCUT2D eigenvalue weighted by Gasteiger charge is 2.09. The molecule has 0 saturated carbocycles. The van der Waals surface area contributed by atoms with Gasteiger partial charge in [0.2, 0.25) is 0 Å². The van der Waals surface area contributed by atoms with Crippen LogP contribution in [0.5, 0.6) is 11.5 Å². The molecule has 2 nitrogen and oxygen atoms in total. The number of ether oxygens (including phenoxy) is 1. The van der Waals surface area contributed by atoms with Gasteiger partial charge >= 0.3 is 0 Å². The zero-order valence-electron chi connectivity index (χ0n) is 8.88. The van der Waals surface area contributed by atoms with Crippen LogP contribution < -0.4 is 10.5 Å². The average molecular weight is 290 g/mol. The quantitative estimate of drug-likeness (QED) is 0.817. The third-order valence-corrected chi connectivity index (χ3v) is 2.75. The second-order valence-corrected chi connectivity index (χ2v) is 4.30. The molecule has 0 amide bonds. The second-order valence-electron chi connectivity index (χ2n) is 3.48. The van der Waals surface area contributed by atoms with E-state index < -0.39 is 11.6 Å². The molecular formula is C12H7Cl2F2NO. The van der Waals surface area contributed by atoms with E-state index in [9.17, 15) is 8.78 Å². The number of nitrogens with two attached hydrogens (primary N) is 1. The Bertz CT molecular complexity index is 605. The van der Waals surface area contributed by atoms with Crippen LogP contribution in [0.4, 0.5) is 14.5 Å². The Morgan fingerprint density at radius 3 is 2.28 bits per heavy atom. The fourth-order valence-corrected chi connectivity index (χ4v) is 1.62. The van der Waals surface area contributed by atoms with E-state index in [2.05, 4.69) is 0 Å². The summed E-state index contributed by atoms with van der Waals surface area (Å²) in [6.45, 7) is 0. The molecule has 2 N–H and O–H groups in total. The number of hydrogen-bond donors (Lipinski definition) is 1. The van der Waals surface area contributed by atoms with Gasteiger partial charge in [-0.1, -0.05) is 23.2 Å². The minimum atomic E-state index is -0.640. The molecule has 2 aromatic rings. The summed E-state index contributed by atoms with van der Waals surface area (Å²) in [5.74, 6) is -0.757. The molecule has 0 fully saturated rings. The smallest absolute Gasteiger partial charge is 0.151 e. The zero-order valence-corrected chi connectivity index (χ0v) is 10.4. The first-order chi connectivity index (χ1) is 8.47. The molecule has 0 spiro atoms. The number of nitrogen functional groups attached to an aromatic ring is 1. The van der Waals surface area contributed by atoms with Gasteiger partial charge < -0.3 is 10.5 Å². The van der Waals surface area contributed by atoms with Gasteiger partial charge in [0.05, 0.1) is 15.7 Å². The predicted molar refractivity (Wildman–Crippen MR) is 67.3 cm³/mol. The Hall–Kier alpha value is -1.52. The molecule has 0 heterocycles. The van der Waals surface area contributed by atoms with E-state index in [4.69, 9.17) is 33.7 Å². The van der Waals surface area contributed by atoms with Gasteiger partial charge in [-0.2, -0.15) is 0 Å². The molecule has 0 aliphatic rings. The van der Waals surface area contributed by atoms with Gasteiger partial charge in [-0.25, -0.2) is 8.78 Å². The van der Waals surface area contributed by atoms with Crippen LogP contribution in [0.3, 0.4) is 0 Å². The van der Waals surface area contributed by atoms with Crippen LogP contribution in [-0.2, 0) is 0 Å². The molecule has 2 rings (SSSR count). The van der Waals surface area contributed by atoms with E-state index in [-0.39, 0.29) is 27.2 Å². The Morgan fingerprint density at radius 1 is 0.944 bits per heavy atom. The van der Waals surface area contributed by atoms with E-state index in [1.54, 1.807) is 0 Å². The second kappa shape index (κ2) is 5.00. The fraction of sp³-hybridized carbons (Fsp3) is 0. The largest absolute Gasteiger partial charge is 0.455 e. The van der Waals surface area contributed by atoms with Gasteiger partial charge in [-0.05, 0) is 12.1 Å². The zero-order chi connectivity index (χ0) is 13.3. The molecule has 0 radical (unpaired) electrons. The van der Waals surface area contributed by atoms with Gasteiger partial charge in [-0.3, -0.25) is 0 Å². The third-order valence-electron chi connectivity index (χ3n) is 2.17. The summed E-state index contributed by atoms with van der Waals surface area (Å²) < 4.78 is 31.4. The van der Waals surface area contributed by atoms with Gasteiger partial charge in [-0.15, -0.1) is 0 Å². The van der Waals surface area contributed by atoms with Crippen LogP contribution in [-0.4, -0.2) is 0 Å². The lowest BCUT2D eigenvalue weighted by molar-refractivity contribution is 0.481. The maximum atomic E-state index is 13.1. The van der Waals surface area contributed by atoms with Gasteiger partial charge in [0.1, 0.15) is 17.4 Å². The summed E-state index contributed by atoms with van der Waals surface area (Å²) in [5, 5.41) is -0.202. The van der Waals surface area contributed by atoms with Crippen LogP contribution in [0.2, 0.25) is 10.0 Å². The first-order valence-corrected chi connectivity index (χ1v) is 5.60. The highest BCUT2D eigenvalue weighted by molar-refractivity contribution is 6.31. The number of benzene rings is 2. The van der Waals surface area contributed by atoms with Crippen LogP contribution in [0.1, 0.15) is 0 Å². The maximum Gasteiger partial charge on any atom is 0.151 e. The van der Waals surface area contributed by atoms with E-state index in [1.807, 2.05) is 0 Å². The summed E-state index contributed by atoms with van der Waals surface area (Å²) in [4.78, 5) is 0. The normalized spacial score (nSPS) is 10.4. The SMILES string of the molecule is Nc1cc(F)c(Cl)cc1Oc1ccc(F)c(Cl)c1. The van der Waals surface area contributed by atoms with Crippen molar-refractivity contribution < 1.29 is 13.5 Å². The highest BCUT2D eigenvalue weighted by atomic mass is 35.5. The monoisotopic (exact) mass is 289 g/mol. The standard InChI is InChI=1S/C12H7Cl2F2NO/c13-7-3-6(1-2-9(7)15)18-12-4-8(14)10(16)5-11(12)17/h1-5H,17H2. The fourth-order valence-electron chi connectivity index (χ4n) is 1.30. The molecule has 6 heteroatoms. The summed E-state index contributed by atoms with van der Waals surface area (Å²) in [5.41, 5.74) is 5.66. The molecule has 0 aliphatic heterocycles. The van der Waals surface area contributed by atoms with Crippen molar-refractivity contribution in [3.05, 3.63) is 52.0 Å². The Morgan fingerprint density at radius 2 is 1.61 bits per heavy atom. The highest BCUT2D eigenvalue weighted by Crippen LogP contribution is 2.33. The van der Waals surface area contributed by atoms with Crippen molar-refractivity contribution in [1.82, 2.24) is 0 Å². The summed E-state index contributed by atoms with van der Waals surface area (Å²) >= 11 is 11.2.